The van der Waals surface area contributed by atoms with E-state index >= 15 is 0 Å². The number of rotatable bonds is 3. The zero-order chi connectivity index (χ0) is 7.40. The molecule has 0 radical (unpaired) electrons. The van der Waals surface area contributed by atoms with E-state index in [0.29, 0.717) is 12.8 Å². The Labute approximate surface area is 63.3 Å². The Bertz CT molecular complexity index is 208. The average Bonchev–Trinajstić information content (AvgIpc) is 2.40. The summed E-state index contributed by atoms with van der Waals surface area (Å²) in [6.07, 6.45) is 2.50. The quantitative estimate of drug-likeness (QED) is 0.657. The Morgan fingerprint density at radius 2 is 2.60 bits per heavy atom. The Morgan fingerprint density at radius 3 is 3.10 bits per heavy atom. The lowest BCUT2D eigenvalue weighted by atomic mass is 10.2. The molecule has 1 heterocycles. The van der Waals surface area contributed by atoms with Crippen LogP contribution in [0.15, 0.2) is 6.33 Å². The normalized spacial score (nSPS) is 9.70. The van der Waals surface area contributed by atoms with E-state index in [-0.39, 0.29) is 5.78 Å². The van der Waals surface area contributed by atoms with E-state index in [4.69, 9.17) is 0 Å². The first-order valence-corrected chi connectivity index (χ1v) is 3.87. The van der Waals surface area contributed by atoms with Gasteiger partial charge in [-0.05, 0) is 11.5 Å². The van der Waals surface area contributed by atoms with E-state index in [1.54, 1.807) is 0 Å². The Kier molecular flexibility index (Phi) is 2.50. The summed E-state index contributed by atoms with van der Waals surface area (Å²) in [5, 5.41) is 0.812. The van der Waals surface area contributed by atoms with Crippen LogP contribution < -0.4 is 0 Å². The van der Waals surface area contributed by atoms with Crippen LogP contribution in [0.1, 0.15) is 18.4 Å². The molecule has 0 saturated carbocycles. The maximum absolute atomic E-state index is 10.8. The number of Topliss-reactive ketones (excluding diaryl/α,β-unsaturated/α-hetero) is 1. The van der Waals surface area contributed by atoms with Gasteiger partial charge in [-0.3, -0.25) is 4.79 Å². The molecule has 54 valence electrons. The highest BCUT2D eigenvalue weighted by Crippen LogP contribution is 2.01. The number of hydrogen-bond donors (Lipinski definition) is 0. The van der Waals surface area contributed by atoms with Gasteiger partial charge in [0, 0.05) is 6.42 Å². The van der Waals surface area contributed by atoms with Crippen molar-refractivity contribution >= 4 is 17.3 Å². The molecule has 0 bridgehead atoms. The van der Waals surface area contributed by atoms with Crippen LogP contribution in [0.25, 0.3) is 0 Å². The smallest absolute Gasteiger partial charge is 0.139 e. The number of carbonyl (C=O) groups is 1. The topological polar surface area (TPSA) is 42.9 Å². The molecule has 0 aliphatic rings. The van der Waals surface area contributed by atoms with Crippen LogP contribution in [0.4, 0.5) is 0 Å². The summed E-state index contributed by atoms with van der Waals surface area (Å²) in [4.78, 5) is 14.7. The lowest BCUT2D eigenvalue weighted by molar-refractivity contribution is -0.118. The van der Waals surface area contributed by atoms with Crippen LogP contribution in [0.5, 0.6) is 0 Å². The second kappa shape index (κ2) is 3.41. The van der Waals surface area contributed by atoms with E-state index in [0.717, 1.165) is 5.01 Å². The van der Waals surface area contributed by atoms with Crippen LogP contribution in [-0.4, -0.2) is 15.1 Å². The van der Waals surface area contributed by atoms with Gasteiger partial charge in [0.25, 0.3) is 0 Å². The summed E-state index contributed by atoms with van der Waals surface area (Å²) in [6.45, 7) is 1.85. The van der Waals surface area contributed by atoms with Crippen molar-refractivity contribution in [2.24, 2.45) is 0 Å². The highest BCUT2D eigenvalue weighted by molar-refractivity contribution is 7.05. The van der Waals surface area contributed by atoms with Gasteiger partial charge < -0.3 is 0 Å². The maximum atomic E-state index is 10.8. The van der Waals surface area contributed by atoms with Crippen molar-refractivity contribution in [1.82, 2.24) is 9.36 Å². The number of nitrogens with zero attached hydrogens (tertiary/aromatic N) is 2. The largest absolute Gasteiger partial charge is 0.299 e. The predicted octanol–water partition coefficient (Wildman–Crippen LogP) is 1.06. The molecule has 0 aromatic carbocycles. The first-order valence-electron chi connectivity index (χ1n) is 3.10. The molecular weight excluding hydrogens is 148 g/mol. The fraction of sp³-hybridized carbons (Fsp3) is 0.500. The zero-order valence-corrected chi connectivity index (χ0v) is 6.52. The Hall–Kier alpha value is -0.770. The third-order valence-corrected chi connectivity index (χ3v) is 1.81. The monoisotopic (exact) mass is 156 g/mol. The van der Waals surface area contributed by atoms with Crippen LogP contribution in [0.2, 0.25) is 0 Å². The fourth-order valence-corrected chi connectivity index (χ4v) is 1.10. The summed E-state index contributed by atoms with van der Waals surface area (Å²) in [7, 11) is 0. The van der Waals surface area contributed by atoms with Gasteiger partial charge in [-0.15, -0.1) is 0 Å². The third-order valence-electron chi connectivity index (χ3n) is 1.15. The fourth-order valence-electron chi connectivity index (χ4n) is 0.568. The standard InChI is InChI=1S/C6H8N2OS/c1-2-5(9)3-6-7-4-8-10-6/h4H,2-3H2,1H3. The minimum absolute atomic E-state index is 0.219. The van der Waals surface area contributed by atoms with Gasteiger partial charge in [-0.25, -0.2) is 4.98 Å². The van der Waals surface area contributed by atoms with Crippen LogP contribution in [-0.2, 0) is 11.2 Å². The minimum atomic E-state index is 0.219. The van der Waals surface area contributed by atoms with Gasteiger partial charge >= 0.3 is 0 Å². The molecule has 0 unspecified atom stereocenters. The predicted molar refractivity (Wildman–Crippen MR) is 38.9 cm³/mol. The van der Waals surface area contributed by atoms with E-state index < -0.39 is 0 Å². The summed E-state index contributed by atoms with van der Waals surface area (Å²) in [6, 6.07) is 0. The number of aromatic nitrogens is 2. The molecule has 3 nitrogen and oxygen atoms in total. The average molecular weight is 156 g/mol. The van der Waals surface area contributed by atoms with Gasteiger partial charge in [0.05, 0.1) is 6.42 Å². The molecule has 0 amide bonds. The highest BCUT2D eigenvalue weighted by atomic mass is 32.1. The molecule has 10 heavy (non-hydrogen) atoms. The van der Waals surface area contributed by atoms with Gasteiger partial charge in [0.1, 0.15) is 17.1 Å². The molecule has 0 saturated heterocycles. The van der Waals surface area contributed by atoms with Crippen LogP contribution >= 0.6 is 11.5 Å². The lowest BCUT2D eigenvalue weighted by Gasteiger charge is -1.88. The molecule has 4 heteroatoms. The molecule has 0 spiro atoms. The van der Waals surface area contributed by atoms with Crippen LogP contribution in [0, 0.1) is 0 Å². The van der Waals surface area contributed by atoms with Crippen LogP contribution in [0.3, 0.4) is 0 Å². The van der Waals surface area contributed by atoms with E-state index in [9.17, 15) is 4.79 Å². The van der Waals surface area contributed by atoms with Gasteiger partial charge in [-0.1, -0.05) is 6.92 Å². The van der Waals surface area contributed by atoms with Crippen molar-refractivity contribution in [3.8, 4) is 0 Å². The van der Waals surface area contributed by atoms with E-state index in [2.05, 4.69) is 9.36 Å². The summed E-state index contributed by atoms with van der Waals surface area (Å²) in [5.41, 5.74) is 0. The van der Waals surface area contributed by atoms with Gasteiger partial charge in [-0.2, -0.15) is 4.37 Å². The molecule has 1 rings (SSSR count). The van der Waals surface area contributed by atoms with Gasteiger partial charge in [0.15, 0.2) is 0 Å². The lowest BCUT2D eigenvalue weighted by Crippen LogP contribution is -1.98. The van der Waals surface area contributed by atoms with E-state index in [1.165, 1.54) is 17.9 Å². The maximum Gasteiger partial charge on any atom is 0.139 e. The van der Waals surface area contributed by atoms with Crippen molar-refractivity contribution in [3.63, 3.8) is 0 Å². The molecule has 0 aliphatic heterocycles. The second-order valence-electron chi connectivity index (χ2n) is 1.90. The van der Waals surface area contributed by atoms with Crippen molar-refractivity contribution in [1.29, 1.82) is 0 Å². The SMILES string of the molecule is CCC(=O)Cc1ncns1. The molecule has 0 aliphatic carbocycles. The van der Waals surface area contributed by atoms with Crippen molar-refractivity contribution in [2.45, 2.75) is 19.8 Å². The second-order valence-corrected chi connectivity index (χ2v) is 2.77. The van der Waals surface area contributed by atoms with Crippen molar-refractivity contribution in [3.05, 3.63) is 11.3 Å². The molecule has 1 aromatic heterocycles. The zero-order valence-electron chi connectivity index (χ0n) is 5.70. The summed E-state index contributed by atoms with van der Waals surface area (Å²) in [5.74, 6) is 0.219. The number of ketones is 1. The third kappa shape index (κ3) is 1.88. The first-order chi connectivity index (χ1) is 4.83. The van der Waals surface area contributed by atoms with Crippen molar-refractivity contribution < 1.29 is 4.79 Å². The van der Waals surface area contributed by atoms with E-state index in [1.807, 2.05) is 6.92 Å². The number of hydrogen-bond acceptors (Lipinski definition) is 4. The molecule has 0 atom stereocenters. The highest BCUT2D eigenvalue weighted by Gasteiger charge is 2.02. The number of carbonyl (C=O) groups excluding carboxylic acids is 1. The van der Waals surface area contributed by atoms with Crippen molar-refractivity contribution in [2.75, 3.05) is 0 Å². The minimum Gasteiger partial charge on any atom is -0.299 e. The Morgan fingerprint density at radius 1 is 1.80 bits per heavy atom. The molecule has 0 N–H and O–H groups in total. The molecule has 0 fully saturated rings. The first kappa shape index (κ1) is 7.34. The molecular formula is C6H8N2OS. The summed E-state index contributed by atoms with van der Waals surface area (Å²) >= 11 is 1.28. The Balaban J connectivity index is 2.48. The van der Waals surface area contributed by atoms with Gasteiger partial charge in [0.2, 0.25) is 0 Å². The molecule has 1 aromatic rings. The summed E-state index contributed by atoms with van der Waals surface area (Å²) < 4.78 is 3.79.